The van der Waals surface area contributed by atoms with Crippen LogP contribution in [0.1, 0.15) is 16.1 Å². The summed E-state index contributed by atoms with van der Waals surface area (Å²) in [6.45, 7) is 0.0955. The lowest BCUT2D eigenvalue weighted by Gasteiger charge is -2.10. The van der Waals surface area contributed by atoms with Crippen LogP contribution < -0.4 is 15.6 Å². The number of carbonyl (C=O) groups is 1. The number of hydrogen-bond donors (Lipinski definition) is 2. The average molecular weight is 536 g/mol. The molecule has 200 valence electrons. The summed E-state index contributed by atoms with van der Waals surface area (Å²) >= 11 is 0. The van der Waals surface area contributed by atoms with E-state index in [4.69, 9.17) is 4.74 Å². The van der Waals surface area contributed by atoms with E-state index in [1.54, 1.807) is 73.5 Å². The topological polar surface area (TPSA) is 136 Å². The molecule has 0 saturated carbocycles. The SMILES string of the molecule is CN=CC=NCc1c(C(=O)Nc2ccc(Oc3ccnc4cc(O)ccc34)cn2)c(=O)n(-c2ccccc2)n1C. The van der Waals surface area contributed by atoms with Crippen LogP contribution in [0.5, 0.6) is 17.2 Å². The molecule has 11 heteroatoms. The number of phenols is 1. The third-order valence-corrected chi connectivity index (χ3v) is 6.07. The predicted octanol–water partition coefficient (Wildman–Crippen LogP) is 4.14. The van der Waals surface area contributed by atoms with Gasteiger partial charge in [-0.05, 0) is 42.5 Å². The summed E-state index contributed by atoms with van der Waals surface area (Å²) in [5.41, 5.74) is 1.12. The van der Waals surface area contributed by atoms with E-state index in [1.165, 1.54) is 23.3 Å². The number of aliphatic imine (C=N–C) groups is 2. The number of carbonyl (C=O) groups excluding carboxylic acids is 1. The van der Waals surface area contributed by atoms with Gasteiger partial charge in [0.2, 0.25) is 0 Å². The van der Waals surface area contributed by atoms with Crippen LogP contribution in [-0.2, 0) is 13.6 Å². The van der Waals surface area contributed by atoms with Crippen LogP contribution in [0, 0.1) is 0 Å². The van der Waals surface area contributed by atoms with E-state index < -0.39 is 11.5 Å². The molecule has 0 spiro atoms. The van der Waals surface area contributed by atoms with Gasteiger partial charge in [0.05, 0.1) is 29.6 Å². The number of fused-ring (bicyclic) bond motifs is 1. The third-order valence-electron chi connectivity index (χ3n) is 6.07. The molecule has 3 heterocycles. The number of benzene rings is 2. The molecule has 5 rings (SSSR count). The van der Waals surface area contributed by atoms with Crippen LogP contribution in [0.15, 0.2) is 93.9 Å². The van der Waals surface area contributed by atoms with Gasteiger partial charge in [0.15, 0.2) is 0 Å². The maximum atomic E-state index is 13.5. The second-order valence-electron chi connectivity index (χ2n) is 8.64. The van der Waals surface area contributed by atoms with Crippen molar-refractivity contribution in [1.29, 1.82) is 0 Å². The molecular formula is C29H25N7O4. The highest BCUT2D eigenvalue weighted by molar-refractivity contribution is 6.16. The molecule has 1 amide bonds. The van der Waals surface area contributed by atoms with Gasteiger partial charge < -0.3 is 15.2 Å². The van der Waals surface area contributed by atoms with E-state index in [-0.39, 0.29) is 23.7 Å². The van der Waals surface area contributed by atoms with Gasteiger partial charge in [-0.15, -0.1) is 0 Å². The standard InChI is InChI=1S/C29H25N7O4/c1-30-14-15-31-18-24-27(29(39)36(35(24)2)19-6-4-3-5-7-19)28(38)34-26-11-9-21(17-33-26)40-25-12-13-32-23-16-20(37)8-10-22(23)25/h3-17,37H,18H2,1-2H3,(H,33,34,38). The number of ether oxygens (including phenoxy) is 1. The molecule has 0 bridgehead atoms. The monoisotopic (exact) mass is 535 g/mol. The Hall–Kier alpha value is -5.58. The number of nitrogens with zero attached hydrogens (tertiary/aromatic N) is 6. The minimum Gasteiger partial charge on any atom is -0.508 e. The molecule has 0 aliphatic rings. The molecule has 0 aliphatic carbocycles. The van der Waals surface area contributed by atoms with Gasteiger partial charge in [-0.1, -0.05) is 18.2 Å². The maximum Gasteiger partial charge on any atom is 0.284 e. The lowest BCUT2D eigenvalue weighted by atomic mass is 10.2. The van der Waals surface area contributed by atoms with E-state index in [1.807, 2.05) is 18.2 Å². The van der Waals surface area contributed by atoms with Gasteiger partial charge in [-0.3, -0.25) is 29.2 Å². The first-order chi connectivity index (χ1) is 19.5. The molecule has 0 atom stereocenters. The van der Waals surface area contributed by atoms with Crippen molar-refractivity contribution in [2.45, 2.75) is 6.54 Å². The molecule has 3 aromatic heterocycles. The van der Waals surface area contributed by atoms with Gasteiger partial charge in [0.25, 0.3) is 11.5 Å². The molecule has 2 N–H and O–H groups in total. The van der Waals surface area contributed by atoms with Crippen LogP contribution in [0.2, 0.25) is 0 Å². The van der Waals surface area contributed by atoms with E-state index >= 15 is 0 Å². The van der Waals surface area contributed by atoms with Crippen LogP contribution in [-0.4, -0.2) is 49.8 Å². The molecule has 40 heavy (non-hydrogen) atoms. The van der Waals surface area contributed by atoms with Crippen molar-refractivity contribution in [2.75, 3.05) is 12.4 Å². The van der Waals surface area contributed by atoms with Crippen LogP contribution in [0.3, 0.4) is 0 Å². The minimum atomic E-state index is -0.606. The summed E-state index contributed by atoms with van der Waals surface area (Å²) in [4.78, 5) is 43.5. The van der Waals surface area contributed by atoms with Crippen molar-refractivity contribution in [1.82, 2.24) is 19.3 Å². The zero-order valence-corrected chi connectivity index (χ0v) is 21.7. The molecule has 0 radical (unpaired) electrons. The first-order valence-corrected chi connectivity index (χ1v) is 12.3. The number of hydrogen-bond acceptors (Lipinski definition) is 8. The molecule has 11 nitrogen and oxygen atoms in total. The zero-order chi connectivity index (χ0) is 28.1. The summed E-state index contributed by atoms with van der Waals surface area (Å²) in [6.07, 6.45) is 6.09. The van der Waals surface area contributed by atoms with Crippen molar-refractivity contribution in [2.24, 2.45) is 17.0 Å². The van der Waals surface area contributed by atoms with Gasteiger partial charge in [0.1, 0.15) is 28.6 Å². The van der Waals surface area contributed by atoms with Crippen molar-refractivity contribution >= 4 is 35.1 Å². The lowest BCUT2D eigenvalue weighted by Crippen LogP contribution is -2.25. The summed E-state index contributed by atoms with van der Waals surface area (Å²) < 4.78 is 9.02. The van der Waals surface area contributed by atoms with Crippen LogP contribution in [0.25, 0.3) is 16.6 Å². The Kier molecular flexibility index (Phi) is 7.45. The Morgan fingerprint density at radius 1 is 1.07 bits per heavy atom. The summed E-state index contributed by atoms with van der Waals surface area (Å²) in [6, 6.07) is 18.8. The smallest absolute Gasteiger partial charge is 0.284 e. The Balaban J connectivity index is 1.41. The quantitative estimate of drug-likeness (QED) is 0.287. The number of aromatic hydroxyl groups is 1. The van der Waals surface area contributed by atoms with Crippen molar-refractivity contribution in [3.8, 4) is 22.9 Å². The van der Waals surface area contributed by atoms with E-state index in [0.717, 1.165) is 5.39 Å². The first-order valence-electron chi connectivity index (χ1n) is 12.3. The van der Waals surface area contributed by atoms with Crippen LogP contribution >= 0.6 is 0 Å². The van der Waals surface area contributed by atoms with E-state index in [0.29, 0.717) is 28.4 Å². The number of rotatable bonds is 8. The summed E-state index contributed by atoms with van der Waals surface area (Å²) in [5.74, 6) is 0.706. The zero-order valence-electron chi connectivity index (χ0n) is 21.7. The highest BCUT2D eigenvalue weighted by Crippen LogP contribution is 2.30. The molecule has 2 aromatic carbocycles. The fourth-order valence-electron chi connectivity index (χ4n) is 4.19. The maximum absolute atomic E-state index is 13.5. The lowest BCUT2D eigenvalue weighted by molar-refractivity contribution is 0.102. The molecule has 0 saturated heterocycles. The van der Waals surface area contributed by atoms with Gasteiger partial charge in [0, 0.05) is 44.2 Å². The second kappa shape index (κ2) is 11.4. The largest absolute Gasteiger partial charge is 0.508 e. The number of amides is 1. The molecule has 0 fully saturated rings. The third kappa shape index (κ3) is 5.34. The predicted molar refractivity (Wildman–Crippen MR) is 153 cm³/mol. The average Bonchev–Trinajstić information content (AvgIpc) is 3.21. The fraction of sp³-hybridized carbons (Fsp3) is 0.103. The van der Waals surface area contributed by atoms with Crippen LogP contribution in [0.4, 0.5) is 5.82 Å². The number of pyridine rings is 2. The van der Waals surface area contributed by atoms with E-state index in [2.05, 4.69) is 25.3 Å². The Labute approximate surface area is 228 Å². The molecule has 5 aromatic rings. The molecular weight excluding hydrogens is 510 g/mol. The highest BCUT2D eigenvalue weighted by atomic mass is 16.5. The second-order valence-corrected chi connectivity index (χ2v) is 8.64. The number of para-hydroxylation sites is 1. The van der Waals surface area contributed by atoms with Crippen molar-refractivity contribution in [3.63, 3.8) is 0 Å². The Bertz CT molecular complexity index is 1790. The first kappa shape index (κ1) is 26.0. The van der Waals surface area contributed by atoms with Crippen molar-refractivity contribution in [3.05, 3.63) is 101 Å². The number of phenolic OH excluding ortho intramolecular Hbond substituents is 1. The van der Waals surface area contributed by atoms with E-state index in [9.17, 15) is 14.7 Å². The Morgan fingerprint density at radius 3 is 2.65 bits per heavy atom. The fourth-order valence-corrected chi connectivity index (χ4v) is 4.19. The highest BCUT2D eigenvalue weighted by Gasteiger charge is 2.25. The summed E-state index contributed by atoms with van der Waals surface area (Å²) in [5, 5.41) is 13.1. The number of anilines is 1. The summed E-state index contributed by atoms with van der Waals surface area (Å²) in [7, 11) is 3.33. The van der Waals surface area contributed by atoms with Gasteiger partial charge in [-0.2, -0.15) is 0 Å². The molecule has 0 unspecified atom stereocenters. The van der Waals surface area contributed by atoms with Gasteiger partial charge >= 0.3 is 0 Å². The van der Waals surface area contributed by atoms with Gasteiger partial charge in [-0.25, -0.2) is 9.67 Å². The number of nitrogens with one attached hydrogen (secondary N) is 1. The number of aromatic nitrogens is 4. The normalized spacial score (nSPS) is 11.4. The Morgan fingerprint density at radius 2 is 1.90 bits per heavy atom. The van der Waals surface area contributed by atoms with Crippen molar-refractivity contribution < 1.29 is 14.6 Å². The minimum absolute atomic E-state index is 0.0365. The molecule has 0 aliphatic heterocycles.